The summed E-state index contributed by atoms with van der Waals surface area (Å²) in [5.74, 6) is -2.76. The summed E-state index contributed by atoms with van der Waals surface area (Å²) >= 11 is 2.38. The van der Waals surface area contributed by atoms with Crippen LogP contribution < -0.4 is 11.1 Å². The molecule has 5 heterocycles. The summed E-state index contributed by atoms with van der Waals surface area (Å²) < 4.78 is 5.15. The molecule has 62 heavy (non-hydrogen) atoms. The van der Waals surface area contributed by atoms with E-state index >= 15 is 0 Å². The molecule has 3 aromatic carbocycles. The van der Waals surface area contributed by atoms with Gasteiger partial charge in [0.1, 0.15) is 29.4 Å². The van der Waals surface area contributed by atoms with Crippen LogP contribution in [0.25, 0.3) is 0 Å². The molecule has 4 aliphatic heterocycles. The number of allylic oxidation sites excluding steroid dienone is 1. The van der Waals surface area contributed by atoms with Gasteiger partial charge in [0.25, 0.3) is 11.8 Å². The van der Waals surface area contributed by atoms with Crippen LogP contribution in [0.1, 0.15) is 41.6 Å². The monoisotopic (exact) mass is 873 g/mol. The Hall–Kier alpha value is -6.72. The number of likely N-dealkylation sites (tertiary alicyclic amines) is 2. The van der Waals surface area contributed by atoms with E-state index in [1.807, 2.05) is 91.0 Å². The van der Waals surface area contributed by atoms with Crippen molar-refractivity contribution in [2.45, 2.75) is 42.3 Å². The number of carboxylic acid groups (broad SMARTS) is 1. The molecular formula is C45H43N7O8S2. The first-order valence-electron chi connectivity index (χ1n) is 20.0. The summed E-state index contributed by atoms with van der Waals surface area (Å²) in [5, 5.41) is 18.7. The molecule has 4 N–H and O–H groups in total. The highest BCUT2D eigenvalue weighted by atomic mass is 32.2. The second-order valence-corrected chi connectivity index (χ2v) is 16.9. The van der Waals surface area contributed by atoms with E-state index in [9.17, 15) is 29.1 Å². The molecule has 4 amide bonds. The summed E-state index contributed by atoms with van der Waals surface area (Å²) in [6.45, 7) is 5.03. The van der Waals surface area contributed by atoms with Crippen molar-refractivity contribution in [1.29, 1.82) is 0 Å². The van der Waals surface area contributed by atoms with Gasteiger partial charge in [-0.3, -0.25) is 19.3 Å². The minimum Gasteiger partial charge on any atom is -0.477 e. The number of rotatable bonds is 13. The first kappa shape index (κ1) is 42.0. The second-order valence-electron chi connectivity index (χ2n) is 14.9. The van der Waals surface area contributed by atoms with Crippen LogP contribution in [0.2, 0.25) is 0 Å². The number of oxime groups is 1. The number of hydrogen-bond acceptors (Lipinski definition) is 12. The number of ether oxygens (including phenoxy) is 1. The average molecular weight is 874 g/mol. The first-order valence-corrected chi connectivity index (χ1v) is 21.9. The van der Waals surface area contributed by atoms with Crippen molar-refractivity contribution in [3.05, 3.63) is 154 Å². The van der Waals surface area contributed by atoms with Crippen LogP contribution in [0.3, 0.4) is 0 Å². The molecule has 2 atom stereocenters. The number of nitrogens with zero attached hydrogens (tertiary/aromatic N) is 5. The third kappa shape index (κ3) is 8.08. The van der Waals surface area contributed by atoms with Gasteiger partial charge in [0.2, 0.25) is 11.5 Å². The molecule has 1 aromatic heterocycles. The fourth-order valence-corrected chi connectivity index (χ4v) is 10.1. The molecule has 0 saturated carbocycles. The minimum absolute atomic E-state index is 0.0813. The minimum atomic E-state index is -1.33. The van der Waals surface area contributed by atoms with Crippen LogP contribution in [-0.4, -0.2) is 110 Å². The largest absolute Gasteiger partial charge is 0.477 e. The number of nitrogens with one attached hydrogen (secondary N) is 1. The molecule has 17 heteroatoms. The number of aliphatic carboxylic acids is 1. The van der Waals surface area contributed by atoms with Crippen LogP contribution in [0, 0.1) is 0 Å². The van der Waals surface area contributed by atoms with Crippen molar-refractivity contribution in [2.75, 3.05) is 37.7 Å². The lowest BCUT2D eigenvalue weighted by atomic mass is 9.80. The normalized spacial score (nSPS) is 20.2. The number of aromatic nitrogens is 1. The fraction of sp³-hybridized carbons (Fsp3) is 0.267. The zero-order valence-electron chi connectivity index (χ0n) is 33.4. The van der Waals surface area contributed by atoms with Crippen molar-refractivity contribution >= 4 is 63.7 Å². The topological polar surface area (TPSA) is 197 Å². The van der Waals surface area contributed by atoms with Crippen molar-refractivity contribution in [1.82, 2.24) is 25.0 Å². The van der Waals surface area contributed by atoms with E-state index in [4.69, 9.17) is 15.3 Å². The maximum atomic E-state index is 14.3. The van der Waals surface area contributed by atoms with E-state index in [2.05, 4.69) is 22.0 Å². The molecule has 15 nitrogen and oxygen atoms in total. The number of thioether (sulfide) groups is 1. The Bertz CT molecular complexity index is 2370. The Morgan fingerprint density at radius 1 is 0.952 bits per heavy atom. The molecule has 0 aliphatic carbocycles. The molecule has 3 fully saturated rings. The zero-order chi connectivity index (χ0) is 43.4. The van der Waals surface area contributed by atoms with E-state index in [0.29, 0.717) is 50.0 Å². The SMILES string of the molecule is C=CCOC(=O)N1CCC(N2CC/C(=C\C3=C(C(=O)O)N4C(=O)[C@@H](NC(=O)/C(=N\OC(c5ccccc5)(c5ccccc5)c5ccccc5)c5csc(N)n5)[C@H]4SC3)C2=O)CC1. The number of carboxylic acids is 1. The highest BCUT2D eigenvalue weighted by molar-refractivity contribution is 8.00. The van der Waals surface area contributed by atoms with Crippen LogP contribution in [0.5, 0.6) is 0 Å². The standard InChI is InChI=1S/C45H43N7O8S2/c1-2-24-59-44(58)50-21-19-33(20-22-50)51-23-18-28(39(51)54)25-29-26-61-41-36(40(55)52(41)37(29)42(56)57)48-38(53)35(34-27-62-43(46)47-34)49-60-45(30-12-6-3-7-13-30,31-14-8-4-9-15-31)32-16-10-5-11-17-32/h2-17,25,27,33,36,41H,1,18-24,26H2,(H2,46,47)(H,48,53)(H,56,57)/b28-25+,49-35-/t36-,41-/m1/s1. The molecular weight excluding hydrogens is 831 g/mol. The zero-order valence-corrected chi connectivity index (χ0v) is 35.1. The van der Waals surface area contributed by atoms with Crippen molar-refractivity contribution < 1.29 is 38.7 Å². The van der Waals surface area contributed by atoms with Crippen molar-refractivity contribution in [3.63, 3.8) is 0 Å². The number of thiazole rings is 1. The number of nitrogens with two attached hydrogens (primary N) is 1. The molecule has 0 bridgehead atoms. The number of nitrogen functional groups attached to an aromatic ring is 1. The number of fused-ring (bicyclic) bond motifs is 1. The van der Waals surface area contributed by atoms with Gasteiger partial charge >= 0.3 is 12.1 Å². The predicted octanol–water partition coefficient (Wildman–Crippen LogP) is 5.12. The maximum Gasteiger partial charge on any atom is 0.410 e. The maximum absolute atomic E-state index is 14.3. The third-order valence-corrected chi connectivity index (χ3v) is 13.3. The average Bonchev–Trinajstić information content (AvgIpc) is 3.90. The number of carbonyl (C=O) groups excluding carboxylic acids is 4. The van der Waals surface area contributed by atoms with Gasteiger partial charge in [-0.15, -0.1) is 23.1 Å². The Morgan fingerprint density at radius 3 is 2.11 bits per heavy atom. The van der Waals surface area contributed by atoms with Gasteiger partial charge in [-0.1, -0.05) is 109 Å². The van der Waals surface area contributed by atoms with Gasteiger partial charge in [-0.05, 0) is 30.9 Å². The Balaban J connectivity index is 1.03. The molecule has 318 valence electrons. The van der Waals surface area contributed by atoms with Crippen LogP contribution in [-0.2, 0) is 34.4 Å². The van der Waals surface area contributed by atoms with Crippen molar-refractivity contribution in [2.24, 2.45) is 5.16 Å². The van der Waals surface area contributed by atoms with Gasteiger partial charge in [-0.2, -0.15) is 0 Å². The number of benzene rings is 3. The molecule has 3 saturated heterocycles. The summed E-state index contributed by atoms with van der Waals surface area (Å²) in [6, 6.07) is 27.2. The lowest BCUT2D eigenvalue weighted by Crippen LogP contribution is -2.71. The Labute approximate surface area is 365 Å². The summed E-state index contributed by atoms with van der Waals surface area (Å²) in [5.41, 5.74) is 7.32. The molecule has 8 rings (SSSR count). The lowest BCUT2D eigenvalue weighted by Gasteiger charge is -2.49. The van der Waals surface area contributed by atoms with E-state index in [1.54, 1.807) is 21.3 Å². The van der Waals surface area contributed by atoms with Crippen LogP contribution in [0.4, 0.5) is 9.93 Å². The number of amides is 4. The summed E-state index contributed by atoms with van der Waals surface area (Å²) in [7, 11) is 0. The molecule has 0 unspecified atom stereocenters. The number of anilines is 1. The molecule has 0 radical (unpaired) electrons. The number of hydrogen-bond donors (Lipinski definition) is 3. The fourth-order valence-electron chi connectivity index (χ4n) is 8.26. The molecule has 4 aromatic rings. The number of piperidine rings is 1. The van der Waals surface area contributed by atoms with Crippen LogP contribution >= 0.6 is 23.1 Å². The quantitative estimate of drug-likeness (QED) is 0.0403. The highest BCUT2D eigenvalue weighted by Gasteiger charge is 2.54. The highest BCUT2D eigenvalue weighted by Crippen LogP contribution is 2.43. The number of carbonyl (C=O) groups is 5. The van der Waals surface area contributed by atoms with E-state index in [0.717, 1.165) is 32.9 Å². The van der Waals surface area contributed by atoms with Gasteiger partial charge < -0.3 is 35.5 Å². The predicted molar refractivity (Wildman–Crippen MR) is 234 cm³/mol. The van der Waals surface area contributed by atoms with Gasteiger partial charge in [-0.25, -0.2) is 14.6 Å². The number of β-lactam (4-membered cyclic amide) rings is 1. The Morgan fingerprint density at radius 2 is 1.56 bits per heavy atom. The first-order chi connectivity index (χ1) is 30.1. The second kappa shape index (κ2) is 18.1. The summed E-state index contributed by atoms with van der Waals surface area (Å²) in [6.07, 6.45) is 4.25. The van der Waals surface area contributed by atoms with Gasteiger partial charge in [0.05, 0.1) is 0 Å². The van der Waals surface area contributed by atoms with Gasteiger partial charge in [0.15, 0.2) is 10.8 Å². The molecule has 0 spiro atoms. The third-order valence-electron chi connectivity index (χ3n) is 11.3. The van der Waals surface area contributed by atoms with Crippen LogP contribution in [0.15, 0.2) is 137 Å². The van der Waals surface area contributed by atoms with E-state index < -0.39 is 40.9 Å². The van der Waals surface area contributed by atoms with Crippen molar-refractivity contribution in [3.8, 4) is 0 Å². The molecule has 4 aliphatic rings. The lowest BCUT2D eigenvalue weighted by molar-refractivity contribution is -0.150. The van der Waals surface area contributed by atoms with Gasteiger partial charge in [0, 0.05) is 59.1 Å². The Kier molecular flexibility index (Phi) is 12.3. The smallest absolute Gasteiger partial charge is 0.410 e. The van der Waals surface area contributed by atoms with E-state index in [-0.39, 0.29) is 46.5 Å². The van der Waals surface area contributed by atoms with E-state index in [1.165, 1.54) is 17.8 Å². The summed E-state index contributed by atoms with van der Waals surface area (Å²) in [4.78, 5) is 82.4.